The molecule has 0 aromatic carbocycles. The van der Waals surface area contributed by atoms with Crippen LogP contribution in [0.25, 0.3) is 0 Å². The minimum absolute atomic E-state index is 0.445. The van der Waals surface area contributed by atoms with Crippen LogP contribution in [0.3, 0.4) is 0 Å². The maximum absolute atomic E-state index is 8.47. The second kappa shape index (κ2) is 3.03. The molecule has 0 bridgehead atoms. The number of alkyl halides is 1. The van der Waals surface area contributed by atoms with Crippen LogP contribution >= 0.6 is 15.9 Å². The molecular formula is C7H8BrN. The quantitative estimate of drug-likeness (QED) is 0.532. The van der Waals surface area contributed by atoms with Gasteiger partial charge in [-0.3, -0.25) is 0 Å². The van der Waals surface area contributed by atoms with Gasteiger partial charge in [0.2, 0.25) is 0 Å². The summed E-state index contributed by atoms with van der Waals surface area (Å²) in [5.74, 6) is 0. The van der Waals surface area contributed by atoms with E-state index in [9.17, 15) is 0 Å². The highest BCUT2D eigenvalue weighted by Crippen LogP contribution is 2.21. The molecule has 0 saturated carbocycles. The van der Waals surface area contributed by atoms with Gasteiger partial charge in [-0.2, -0.15) is 5.26 Å². The van der Waals surface area contributed by atoms with Gasteiger partial charge in [-0.25, -0.2) is 0 Å². The van der Waals surface area contributed by atoms with E-state index in [0.717, 1.165) is 18.4 Å². The molecule has 9 heavy (non-hydrogen) atoms. The van der Waals surface area contributed by atoms with E-state index in [1.807, 2.05) is 6.08 Å². The highest BCUT2D eigenvalue weighted by molar-refractivity contribution is 9.09. The van der Waals surface area contributed by atoms with E-state index < -0.39 is 0 Å². The molecule has 1 nitrogen and oxygen atoms in total. The van der Waals surface area contributed by atoms with E-state index in [2.05, 4.69) is 22.0 Å². The fourth-order valence-corrected chi connectivity index (χ4v) is 1.61. The van der Waals surface area contributed by atoms with Crippen molar-refractivity contribution in [3.05, 3.63) is 11.6 Å². The van der Waals surface area contributed by atoms with Crippen LogP contribution in [-0.2, 0) is 0 Å². The van der Waals surface area contributed by atoms with Gasteiger partial charge < -0.3 is 0 Å². The minimum atomic E-state index is 0.445. The normalized spacial score (nSPS) is 26.7. The van der Waals surface area contributed by atoms with Crippen LogP contribution < -0.4 is 0 Å². The monoisotopic (exact) mass is 185 g/mol. The Bertz CT molecular complexity index is 166. The zero-order chi connectivity index (χ0) is 6.69. The Morgan fingerprint density at radius 2 is 2.56 bits per heavy atom. The average Bonchev–Trinajstić information content (AvgIpc) is 1.88. The molecule has 0 amide bonds. The predicted molar refractivity (Wildman–Crippen MR) is 40.3 cm³/mol. The van der Waals surface area contributed by atoms with Crippen molar-refractivity contribution in [2.45, 2.75) is 24.1 Å². The van der Waals surface area contributed by atoms with Crippen molar-refractivity contribution in [3.8, 4) is 6.07 Å². The summed E-state index contributed by atoms with van der Waals surface area (Å²) in [7, 11) is 0. The zero-order valence-electron chi connectivity index (χ0n) is 5.10. The number of halogens is 1. The van der Waals surface area contributed by atoms with Crippen molar-refractivity contribution in [3.63, 3.8) is 0 Å². The SMILES string of the molecule is N#CC1=CC(Br)CCC1. The maximum atomic E-state index is 8.47. The third-order valence-corrected chi connectivity index (χ3v) is 2.17. The number of nitrogens with zero attached hydrogens (tertiary/aromatic N) is 1. The van der Waals surface area contributed by atoms with Gasteiger partial charge in [-0.1, -0.05) is 22.0 Å². The molecule has 0 aliphatic heterocycles. The summed E-state index contributed by atoms with van der Waals surface area (Å²) in [6.07, 6.45) is 5.29. The lowest BCUT2D eigenvalue weighted by atomic mass is 10.0. The number of rotatable bonds is 0. The summed E-state index contributed by atoms with van der Waals surface area (Å²) in [6, 6.07) is 2.17. The molecule has 1 rings (SSSR count). The summed E-state index contributed by atoms with van der Waals surface area (Å²) in [4.78, 5) is 0.445. The summed E-state index contributed by atoms with van der Waals surface area (Å²) in [5.41, 5.74) is 0.933. The Balaban J connectivity index is 2.62. The number of hydrogen-bond donors (Lipinski definition) is 0. The predicted octanol–water partition coefficient (Wildman–Crippen LogP) is 2.38. The van der Waals surface area contributed by atoms with Crippen molar-refractivity contribution >= 4 is 15.9 Å². The van der Waals surface area contributed by atoms with Gasteiger partial charge in [0.25, 0.3) is 0 Å². The largest absolute Gasteiger partial charge is 0.193 e. The lowest BCUT2D eigenvalue weighted by Gasteiger charge is -2.10. The van der Waals surface area contributed by atoms with Crippen molar-refractivity contribution in [1.29, 1.82) is 5.26 Å². The minimum Gasteiger partial charge on any atom is -0.193 e. The average molecular weight is 186 g/mol. The molecule has 0 heterocycles. The molecule has 0 spiro atoms. The lowest BCUT2D eigenvalue weighted by Crippen LogP contribution is -2.00. The van der Waals surface area contributed by atoms with E-state index in [1.165, 1.54) is 6.42 Å². The first-order valence-electron chi connectivity index (χ1n) is 3.08. The van der Waals surface area contributed by atoms with Crippen molar-refractivity contribution in [2.24, 2.45) is 0 Å². The Morgan fingerprint density at radius 1 is 1.78 bits per heavy atom. The molecule has 0 aromatic heterocycles. The highest BCUT2D eigenvalue weighted by atomic mass is 79.9. The van der Waals surface area contributed by atoms with Crippen LogP contribution in [0.2, 0.25) is 0 Å². The summed E-state index contributed by atoms with van der Waals surface area (Å²) in [5, 5.41) is 8.47. The molecule has 0 aromatic rings. The fourth-order valence-electron chi connectivity index (χ4n) is 0.966. The van der Waals surface area contributed by atoms with Gasteiger partial charge in [0.1, 0.15) is 0 Å². The number of nitriles is 1. The van der Waals surface area contributed by atoms with E-state index in [0.29, 0.717) is 4.83 Å². The van der Waals surface area contributed by atoms with Gasteiger partial charge in [0, 0.05) is 10.4 Å². The molecule has 0 N–H and O–H groups in total. The molecule has 1 aliphatic carbocycles. The van der Waals surface area contributed by atoms with Gasteiger partial charge in [0.05, 0.1) is 6.07 Å². The number of allylic oxidation sites excluding steroid dienone is 2. The molecule has 2 heteroatoms. The van der Waals surface area contributed by atoms with Crippen LogP contribution in [-0.4, -0.2) is 4.83 Å². The molecule has 1 atom stereocenters. The fraction of sp³-hybridized carbons (Fsp3) is 0.571. The molecule has 1 aliphatic rings. The number of hydrogen-bond acceptors (Lipinski definition) is 1. The van der Waals surface area contributed by atoms with Crippen LogP contribution in [0.15, 0.2) is 11.6 Å². The standard InChI is InChI=1S/C7H8BrN/c8-7-3-1-2-6(4-7)5-9/h4,7H,1-3H2. The first-order chi connectivity index (χ1) is 4.33. The summed E-state index contributed by atoms with van der Waals surface area (Å²) >= 11 is 3.44. The van der Waals surface area contributed by atoms with Gasteiger partial charge >= 0.3 is 0 Å². The van der Waals surface area contributed by atoms with Gasteiger partial charge in [-0.05, 0) is 19.3 Å². The van der Waals surface area contributed by atoms with Crippen LogP contribution in [0.1, 0.15) is 19.3 Å². The van der Waals surface area contributed by atoms with Crippen LogP contribution in [0, 0.1) is 11.3 Å². The van der Waals surface area contributed by atoms with Gasteiger partial charge in [-0.15, -0.1) is 0 Å². The topological polar surface area (TPSA) is 23.8 Å². The molecule has 0 radical (unpaired) electrons. The molecule has 0 saturated heterocycles. The first kappa shape index (κ1) is 6.82. The second-order valence-corrected chi connectivity index (χ2v) is 3.39. The first-order valence-corrected chi connectivity index (χ1v) is 3.99. The lowest BCUT2D eigenvalue weighted by molar-refractivity contribution is 0.730. The highest BCUT2D eigenvalue weighted by Gasteiger charge is 2.08. The van der Waals surface area contributed by atoms with Crippen LogP contribution in [0.4, 0.5) is 0 Å². The van der Waals surface area contributed by atoms with Crippen molar-refractivity contribution in [2.75, 3.05) is 0 Å². The van der Waals surface area contributed by atoms with E-state index in [4.69, 9.17) is 5.26 Å². The van der Waals surface area contributed by atoms with Gasteiger partial charge in [0.15, 0.2) is 0 Å². The van der Waals surface area contributed by atoms with E-state index in [1.54, 1.807) is 0 Å². The molecule has 0 fully saturated rings. The Labute approximate surface area is 63.5 Å². The Kier molecular flexibility index (Phi) is 2.29. The Morgan fingerprint density at radius 3 is 3.00 bits per heavy atom. The zero-order valence-corrected chi connectivity index (χ0v) is 6.69. The second-order valence-electron chi connectivity index (χ2n) is 2.21. The Hall–Kier alpha value is -0.290. The smallest absolute Gasteiger partial charge is 0.0944 e. The summed E-state index contributed by atoms with van der Waals surface area (Å²) < 4.78 is 0. The third-order valence-electron chi connectivity index (χ3n) is 1.45. The molecule has 48 valence electrons. The maximum Gasteiger partial charge on any atom is 0.0944 e. The summed E-state index contributed by atoms with van der Waals surface area (Å²) in [6.45, 7) is 0. The molecular weight excluding hydrogens is 178 g/mol. The third kappa shape index (κ3) is 1.83. The van der Waals surface area contributed by atoms with E-state index >= 15 is 0 Å². The van der Waals surface area contributed by atoms with Crippen molar-refractivity contribution in [1.82, 2.24) is 0 Å². The van der Waals surface area contributed by atoms with Crippen LogP contribution in [0.5, 0.6) is 0 Å². The van der Waals surface area contributed by atoms with Crippen molar-refractivity contribution < 1.29 is 0 Å². The van der Waals surface area contributed by atoms with E-state index in [-0.39, 0.29) is 0 Å². The molecule has 1 unspecified atom stereocenters.